The molecule has 1 unspecified atom stereocenters. The van der Waals surface area contributed by atoms with Gasteiger partial charge in [0.15, 0.2) is 0 Å². The molecule has 1 atom stereocenters. The van der Waals surface area contributed by atoms with Crippen LogP contribution in [0.3, 0.4) is 0 Å². The van der Waals surface area contributed by atoms with Gasteiger partial charge in [-0.3, -0.25) is 0 Å². The molecule has 2 nitrogen and oxygen atoms in total. The molecule has 0 bridgehead atoms. The maximum absolute atomic E-state index is 10.2. The van der Waals surface area contributed by atoms with Gasteiger partial charge in [0.1, 0.15) is 12.0 Å². The zero-order valence-corrected chi connectivity index (χ0v) is 7.03. The van der Waals surface area contributed by atoms with Crippen molar-refractivity contribution in [3.63, 3.8) is 0 Å². The predicted molar refractivity (Wildman–Crippen MR) is 47.2 cm³/mol. The molecule has 64 valence electrons. The topological polar surface area (TPSA) is 37.3 Å². The fourth-order valence-electron chi connectivity index (χ4n) is 1.11. The van der Waals surface area contributed by atoms with Crippen LogP contribution in [0.15, 0.2) is 24.3 Å². The van der Waals surface area contributed by atoms with E-state index in [0.717, 1.165) is 11.8 Å². The summed E-state index contributed by atoms with van der Waals surface area (Å²) in [6.45, 7) is 1.96. The van der Waals surface area contributed by atoms with Gasteiger partial charge >= 0.3 is 0 Å². The van der Waals surface area contributed by atoms with Gasteiger partial charge in [-0.25, -0.2) is 0 Å². The summed E-state index contributed by atoms with van der Waals surface area (Å²) in [5, 5.41) is 9.14. The lowest BCUT2D eigenvalue weighted by Crippen LogP contribution is -1.93. The van der Waals surface area contributed by atoms with E-state index in [1.807, 2.05) is 13.0 Å². The van der Waals surface area contributed by atoms with Crippen LogP contribution in [0.5, 0.6) is 5.75 Å². The number of benzene rings is 1. The third-order valence-corrected chi connectivity index (χ3v) is 1.89. The molecule has 1 aromatic rings. The number of rotatable bonds is 3. The minimum absolute atomic E-state index is 0.189. The predicted octanol–water partition coefficient (Wildman–Crippen LogP) is 2.08. The van der Waals surface area contributed by atoms with Crippen molar-refractivity contribution < 1.29 is 9.90 Å². The first-order valence-electron chi connectivity index (χ1n) is 3.96. The Bertz CT molecular complexity index is 268. The maximum atomic E-state index is 10.2. The standard InChI is InChI=1S/C10H12O2/c1-8(5-6-11)9-3-2-4-10(12)7-9/h2-4,6-8,12H,5H2,1H3. The SMILES string of the molecule is CC(CC=O)c1cccc(O)c1. The number of aromatic hydroxyl groups is 1. The fraction of sp³-hybridized carbons (Fsp3) is 0.300. The van der Waals surface area contributed by atoms with E-state index in [4.69, 9.17) is 5.11 Å². The molecule has 0 saturated carbocycles. The Hall–Kier alpha value is -1.31. The zero-order chi connectivity index (χ0) is 8.97. The Morgan fingerprint density at radius 1 is 1.58 bits per heavy atom. The Morgan fingerprint density at radius 2 is 2.33 bits per heavy atom. The summed E-state index contributed by atoms with van der Waals surface area (Å²) in [6, 6.07) is 7.01. The third kappa shape index (κ3) is 2.09. The van der Waals surface area contributed by atoms with Gasteiger partial charge in [0.05, 0.1) is 0 Å². The van der Waals surface area contributed by atoms with E-state index in [2.05, 4.69) is 0 Å². The van der Waals surface area contributed by atoms with Crippen LogP contribution in [0.25, 0.3) is 0 Å². The first-order valence-corrected chi connectivity index (χ1v) is 3.96. The minimum Gasteiger partial charge on any atom is -0.508 e. The Balaban J connectivity index is 2.80. The number of phenolic OH excluding ortho intramolecular Hbond substituents is 1. The highest BCUT2D eigenvalue weighted by atomic mass is 16.3. The second-order valence-electron chi connectivity index (χ2n) is 2.90. The molecule has 0 aliphatic heterocycles. The van der Waals surface area contributed by atoms with Crippen LogP contribution in [0.2, 0.25) is 0 Å². The smallest absolute Gasteiger partial charge is 0.120 e. The maximum Gasteiger partial charge on any atom is 0.120 e. The average Bonchev–Trinajstić information content (AvgIpc) is 2.05. The zero-order valence-electron chi connectivity index (χ0n) is 7.03. The van der Waals surface area contributed by atoms with Crippen molar-refractivity contribution in [3.05, 3.63) is 29.8 Å². The summed E-state index contributed by atoms with van der Waals surface area (Å²) in [5.74, 6) is 0.444. The molecule has 12 heavy (non-hydrogen) atoms. The highest BCUT2D eigenvalue weighted by Crippen LogP contribution is 2.21. The van der Waals surface area contributed by atoms with Gasteiger partial charge in [-0.1, -0.05) is 19.1 Å². The Labute approximate surface area is 71.8 Å². The van der Waals surface area contributed by atoms with Gasteiger partial charge < -0.3 is 9.90 Å². The molecule has 0 heterocycles. The fourth-order valence-corrected chi connectivity index (χ4v) is 1.11. The molecular weight excluding hydrogens is 152 g/mol. The van der Waals surface area contributed by atoms with Crippen LogP contribution in [0, 0.1) is 0 Å². The molecule has 0 radical (unpaired) electrons. The van der Waals surface area contributed by atoms with Crippen LogP contribution >= 0.6 is 0 Å². The van der Waals surface area contributed by atoms with Gasteiger partial charge in [-0.05, 0) is 23.6 Å². The number of hydrogen-bond acceptors (Lipinski definition) is 2. The van der Waals surface area contributed by atoms with Crippen molar-refractivity contribution in [2.24, 2.45) is 0 Å². The first kappa shape index (κ1) is 8.78. The molecule has 1 N–H and O–H groups in total. The molecule has 0 saturated heterocycles. The number of aldehydes is 1. The molecule has 0 aliphatic rings. The van der Waals surface area contributed by atoms with Gasteiger partial charge in [0.2, 0.25) is 0 Å². The number of carbonyl (C=O) groups excluding carboxylic acids is 1. The van der Waals surface area contributed by atoms with Gasteiger partial charge in [0, 0.05) is 6.42 Å². The second kappa shape index (κ2) is 3.90. The summed E-state index contributed by atoms with van der Waals surface area (Å²) < 4.78 is 0. The van der Waals surface area contributed by atoms with Gasteiger partial charge in [-0.15, -0.1) is 0 Å². The van der Waals surface area contributed by atoms with Crippen LogP contribution in [-0.4, -0.2) is 11.4 Å². The van der Waals surface area contributed by atoms with Crippen LogP contribution < -0.4 is 0 Å². The monoisotopic (exact) mass is 164 g/mol. The largest absolute Gasteiger partial charge is 0.508 e. The molecule has 0 spiro atoms. The summed E-state index contributed by atoms with van der Waals surface area (Å²) >= 11 is 0. The van der Waals surface area contributed by atoms with Crippen LogP contribution in [0.4, 0.5) is 0 Å². The lowest BCUT2D eigenvalue weighted by Gasteiger charge is -2.07. The molecule has 0 fully saturated rings. The van der Waals surface area contributed by atoms with E-state index in [-0.39, 0.29) is 11.7 Å². The van der Waals surface area contributed by atoms with Gasteiger partial charge in [0.25, 0.3) is 0 Å². The lowest BCUT2D eigenvalue weighted by atomic mass is 9.98. The van der Waals surface area contributed by atoms with E-state index in [9.17, 15) is 4.79 Å². The molecule has 2 heteroatoms. The van der Waals surface area contributed by atoms with Crippen molar-refractivity contribution in [3.8, 4) is 5.75 Å². The molecule has 1 aromatic carbocycles. The third-order valence-electron chi connectivity index (χ3n) is 1.89. The molecular formula is C10H12O2. The molecule has 1 rings (SSSR count). The normalized spacial score (nSPS) is 12.4. The molecule has 0 aromatic heterocycles. The Kier molecular flexibility index (Phi) is 2.86. The van der Waals surface area contributed by atoms with E-state index in [0.29, 0.717) is 6.42 Å². The minimum atomic E-state index is 0.189. The second-order valence-corrected chi connectivity index (χ2v) is 2.90. The summed E-state index contributed by atoms with van der Waals surface area (Å²) in [4.78, 5) is 10.2. The number of phenols is 1. The molecule has 0 amide bonds. The van der Waals surface area contributed by atoms with Gasteiger partial charge in [-0.2, -0.15) is 0 Å². The van der Waals surface area contributed by atoms with E-state index < -0.39 is 0 Å². The quantitative estimate of drug-likeness (QED) is 0.694. The first-order chi connectivity index (χ1) is 5.74. The molecule has 0 aliphatic carbocycles. The lowest BCUT2D eigenvalue weighted by molar-refractivity contribution is -0.108. The summed E-state index contributed by atoms with van der Waals surface area (Å²) in [5.41, 5.74) is 1.00. The van der Waals surface area contributed by atoms with E-state index in [1.54, 1.807) is 18.2 Å². The van der Waals surface area contributed by atoms with Crippen molar-refractivity contribution in [1.82, 2.24) is 0 Å². The van der Waals surface area contributed by atoms with E-state index in [1.165, 1.54) is 0 Å². The Morgan fingerprint density at radius 3 is 2.92 bits per heavy atom. The highest BCUT2D eigenvalue weighted by molar-refractivity contribution is 5.51. The summed E-state index contributed by atoms with van der Waals surface area (Å²) in [7, 11) is 0. The van der Waals surface area contributed by atoms with Crippen molar-refractivity contribution in [1.29, 1.82) is 0 Å². The van der Waals surface area contributed by atoms with Crippen molar-refractivity contribution >= 4 is 6.29 Å². The number of carbonyl (C=O) groups is 1. The van der Waals surface area contributed by atoms with Crippen LogP contribution in [0.1, 0.15) is 24.8 Å². The van der Waals surface area contributed by atoms with Crippen molar-refractivity contribution in [2.45, 2.75) is 19.3 Å². The van der Waals surface area contributed by atoms with Crippen LogP contribution in [-0.2, 0) is 4.79 Å². The van der Waals surface area contributed by atoms with E-state index >= 15 is 0 Å². The van der Waals surface area contributed by atoms with Crippen molar-refractivity contribution in [2.75, 3.05) is 0 Å². The average molecular weight is 164 g/mol. The highest BCUT2D eigenvalue weighted by Gasteiger charge is 2.04. The summed E-state index contributed by atoms with van der Waals surface area (Å²) in [6.07, 6.45) is 1.40. The number of hydrogen-bond donors (Lipinski definition) is 1.